The largest absolute Gasteiger partial charge is 0.380 e. The van der Waals surface area contributed by atoms with Gasteiger partial charge >= 0.3 is 0 Å². The van der Waals surface area contributed by atoms with Crippen LogP contribution in [-0.4, -0.2) is 38.8 Å². The molecule has 0 aromatic heterocycles. The standard InChI is InChI=1S/C13H27N3O/c1-3-5-9-17-10-8-15-13(14-4-2)16-11-12-6-7-12/h12H,3-11H2,1-2H3,(H2,14,15,16). The van der Waals surface area contributed by atoms with Gasteiger partial charge in [0.2, 0.25) is 0 Å². The summed E-state index contributed by atoms with van der Waals surface area (Å²) in [4.78, 5) is 4.55. The Bertz CT molecular complexity index is 215. The van der Waals surface area contributed by atoms with E-state index in [2.05, 4.69) is 29.5 Å². The third-order valence-electron chi connectivity index (χ3n) is 2.73. The number of nitrogens with one attached hydrogen (secondary N) is 2. The summed E-state index contributed by atoms with van der Waals surface area (Å²) in [5.41, 5.74) is 0. The minimum absolute atomic E-state index is 0.758. The van der Waals surface area contributed by atoms with Gasteiger partial charge in [-0.05, 0) is 32.1 Å². The van der Waals surface area contributed by atoms with Crippen LogP contribution >= 0.6 is 0 Å². The SMILES string of the molecule is CCCCOCCNC(=NCC1CC1)NCC. The summed E-state index contributed by atoms with van der Waals surface area (Å²) < 4.78 is 5.50. The first kappa shape index (κ1) is 14.3. The lowest BCUT2D eigenvalue weighted by Gasteiger charge is -2.11. The van der Waals surface area contributed by atoms with Gasteiger partial charge in [0.15, 0.2) is 5.96 Å². The van der Waals surface area contributed by atoms with Crippen LogP contribution in [0, 0.1) is 5.92 Å². The van der Waals surface area contributed by atoms with E-state index in [0.717, 1.165) is 51.1 Å². The molecular weight excluding hydrogens is 214 g/mol. The van der Waals surface area contributed by atoms with Gasteiger partial charge in [0.1, 0.15) is 0 Å². The Morgan fingerprint density at radius 3 is 2.71 bits per heavy atom. The summed E-state index contributed by atoms with van der Waals surface area (Å²) in [5.74, 6) is 1.77. The normalized spacial score (nSPS) is 16.0. The molecule has 4 heteroatoms. The molecule has 1 aliphatic carbocycles. The highest BCUT2D eigenvalue weighted by atomic mass is 16.5. The maximum absolute atomic E-state index is 5.50. The number of nitrogens with zero attached hydrogens (tertiary/aromatic N) is 1. The molecular formula is C13H27N3O. The van der Waals surface area contributed by atoms with Gasteiger partial charge in [-0.2, -0.15) is 0 Å². The van der Waals surface area contributed by atoms with Crippen molar-refractivity contribution in [2.45, 2.75) is 39.5 Å². The quantitative estimate of drug-likeness (QED) is 0.367. The van der Waals surface area contributed by atoms with Crippen molar-refractivity contribution >= 4 is 5.96 Å². The summed E-state index contributed by atoms with van der Waals surface area (Å²) in [6, 6.07) is 0. The zero-order valence-corrected chi connectivity index (χ0v) is 11.3. The highest BCUT2D eigenvalue weighted by Gasteiger charge is 2.20. The van der Waals surface area contributed by atoms with Gasteiger partial charge in [-0.15, -0.1) is 0 Å². The molecule has 0 aromatic rings. The van der Waals surface area contributed by atoms with Crippen LogP contribution in [-0.2, 0) is 4.74 Å². The molecule has 1 fully saturated rings. The number of ether oxygens (including phenoxy) is 1. The van der Waals surface area contributed by atoms with Crippen molar-refractivity contribution in [3.63, 3.8) is 0 Å². The average Bonchev–Trinajstić information content (AvgIpc) is 3.14. The van der Waals surface area contributed by atoms with Crippen LogP contribution in [0.2, 0.25) is 0 Å². The predicted octanol–water partition coefficient (Wildman–Crippen LogP) is 1.77. The van der Waals surface area contributed by atoms with Crippen LogP contribution in [0.15, 0.2) is 4.99 Å². The molecule has 0 amide bonds. The van der Waals surface area contributed by atoms with E-state index in [4.69, 9.17) is 4.74 Å². The highest BCUT2D eigenvalue weighted by Crippen LogP contribution is 2.28. The van der Waals surface area contributed by atoms with Gasteiger partial charge in [-0.3, -0.25) is 4.99 Å². The second-order valence-corrected chi connectivity index (χ2v) is 4.56. The van der Waals surface area contributed by atoms with E-state index in [-0.39, 0.29) is 0 Å². The minimum Gasteiger partial charge on any atom is -0.380 e. The van der Waals surface area contributed by atoms with E-state index in [1.165, 1.54) is 19.3 Å². The third-order valence-corrected chi connectivity index (χ3v) is 2.73. The van der Waals surface area contributed by atoms with Gasteiger partial charge in [0.05, 0.1) is 6.61 Å². The molecule has 1 rings (SSSR count). The fourth-order valence-corrected chi connectivity index (χ4v) is 1.45. The van der Waals surface area contributed by atoms with Crippen molar-refractivity contribution in [2.75, 3.05) is 32.8 Å². The maximum atomic E-state index is 5.50. The molecule has 1 aliphatic rings. The van der Waals surface area contributed by atoms with Crippen LogP contribution in [0.5, 0.6) is 0 Å². The molecule has 1 saturated carbocycles. The van der Waals surface area contributed by atoms with Crippen molar-refractivity contribution in [1.82, 2.24) is 10.6 Å². The Morgan fingerprint density at radius 1 is 1.24 bits per heavy atom. The number of hydrogen-bond donors (Lipinski definition) is 2. The van der Waals surface area contributed by atoms with Crippen molar-refractivity contribution in [1.29, 1.82) is 0 Å². The van der Waals surface area contributed by atoms with Crippen molar-refractivity contribution in [3.05, 3.63) is 0 Å². The molecule has 2 N–H and O–H groups in total. The van der Waals surface area contributed by atoms with Crippen LogP contribution in [0.3, 0.4) is 0 Å². The molecule has 0 saturated heterocycles. The fourth-order valence-electron chi connectivity index (χ4n) is 1.45. The first-order chi connectivity index (χ1) is 8.36. The second kappa shape index (κ2) is 9.28. The molecule has 0 spiro atoms. The monoisotopic (exact) mass is 241 g/mol. The number of unbranched alkanes of at least 4 members (excludes halogenated alkanes) is 1. The zero-order chi connectivity index (χ0) is 12.3. The fraction of sp³-hybridized carbons (Fsp3) is 0.923. The molecule has 100 valence electrons. The lowest BCUT2D eigenvalue weighted by Crippen LogP contribution is -2.39. The molecule has 0 atom stereocenters. The van der Waals surface area contributed by atoms with Crippen LogP contribution in [0.1, 0.15) is 39.5 Å². The van der Waals surface area contributed by atoms with E-state index in [0.29, 0.717) is 0 Å². The summed E-state index contributed by atoms with van der Waals surface area (Å²) in [7, 11) is 0. The number of aliphatic imine (C=N–C) groups is 1. The third kappa shape index (κ3) is 8.02. The topological polar surface area (TPSA) is 45.6 Å². The molecule has 4 nitrogen and oxygen atoms in total. The molecule has 0 heterocycles. The first-order valence-corrected chi connectivity index (χ1v) is 6.96. The Labute approximate surface area is 105 Å². The Morgan fingerprint density at radius 2 is 2.06 bits per heavy atom. The highest BCUT2D eigenvalue weighted by molar-refractivity contribution is 5.79. The molecule has 0 aliphatic heterocycles. The van der Waals surface area contributed by atoms with Gasteiger partial charge in [-0.1, -0.05) is 13.3 Å². The molecule has 0 unspecified atom stereocenters. The van der Waals surface area contributed by atoms with E-state index < -0.39 is 0 Å². The molecule has 0 radical (unpaired) electrons. The van der Waals surface area contributed by atoms with E-state index in [1.807, 2.05) is 0 Å². The summed E-state index contributed by atoms with van der Waals surface area (Å²) in [6.07, 6.45) is 5.04. The number of guanidine groups is 1. The number of rotatable bonds is 9. The van der Waals surface area contributed by atoms with Crippen molar-refractivity contribution in [3.8, 4) is 0 Å². The predicted molar refractivity (Wildman–Crippen MR) is 72.4 cm³/mol. The van der Waals surface area contributed by atoms with Crippen LogP contribution < -0.4 is 10.6 Å². The first-order valence-electron chi connectivity index (χ1n) is 6.96. The van der Waals surface area contributed by atoms with Gasteiger partial charge in [-0.25, -0.2) is 0 Å². The smallest absolute Gasteiger partial charge is 0.191 e. The lowest BCUT2D eigenvalue weighted by atomic mass is 10.4. The summed E-state index contributed by atoms with van der Waals surface area (Å²) >= 11 is 0. The summed E-state index contributed by atoms with van der Waals surface area (Å²) in [6.45, 7) is 8.60. The molecule has 17 heavy (non-hydrogen) atoms. The Balaban J connectivity index is 2.04. The maximum Gasteiger partial charge on any atom is 0.191 e. The molecule has 0 aromatic carbocycles. The van der Waals surface area contributed by atoms with E-state index >= 15 is 0 Å². The van der Waals surface area contributed by atoms with Crippen molar-refractivity contribution in [2.24, 2.45) is 10.9 Å². The van der Waals surface area contributed by atoms with Gasteiger partial charge in [0, 0.05) is 26.2 Å². The van der Waals surface area contributed by atoms with E-state index in [9.17, 15) is 0 Å². The van der Waals surface area contributed by atoms with Crippen molar-refractivity contribution < 1.29 is 4.74 Å². The second-order valence-electron chi connectivity index (χ2n) is 4.56. The summed E-state index contributed by atoms with van der Waals surface area (Å²) in [5, 5.41) is 6.55. The number of hydrogen-bond acceptors (Lipinski definition) is 2. The minimum atomic E-state index is 0.758. The lowest BCUT2D eigenvalue weighted by molar-refractivity contribution is 0.136. The molecule has 0 bridgehead atoms. The Hall–Kier alpha value is -0.770. The van der Waals surface area contributed by atoms with Gasteiger partial charge < -0.3 is 15.4 Å². The van der Waals surface area contributed by atoms with Gasteiger partial charge in [0.25, 0.3) is 0 Å². The van der Waals surface area contributed by atoms with Crippen LogP contribution in [0.4, 0.5) is 0 Å². The Kier molecular flexibility index (Phi) is 7.80. The van der Waals surface area contributed by atoms with E-state index in [1.54, 1.807) is 0 Å². The van der Waals surface area contributed by atoms with Crippen LogP contribution in [0.25, 0.3) is 0 Å². The zero-order valence-electron chi connectivity index (χ0n) is 11.3. The average molecular weight is 241 g/mol.